The van der Waals surface area contributed by atoms with Crippen LogP contribution in [0.3, 0.4) is 0 Å². The van der Waals surface area contributed by atoms with Crippen molar-refractivity contribution in [2.45, 2.75) is 489 Å². The lowest BCUT2D eigenvalue weighted by atomic mass is 9.79. The molecule has 3 unspecified atom stereocenters. The summed E-state index contributed by atoms with van der Waals surface area (Å²) < 4.78 is 0. The van der Waals surface area contributed by atoms with E-state index in [0.29, 0.717) is 16.2 Å². The minimum absolute atomic E-state index is 0.500. The molecule has 0 aromatic heterocycles. The molecular weight excluding hydrogens is 1150 g/mol. The second kappa shape index (κ2) is 83.9. The Morgan fingerprint density at radius 3 is 0.615 bits per heavy atom. The van der Waals surface area contributed by atoms with Gasteiger partial charge in [0.2, 0.25) is 0 Å². The van der Waals surface area contributed by atoms with Gasteiger partial charge in [-0.15, -0.1) is 0 Å². The predicted octanol–water partition coefficient (Wildman–Crippen LogP) is 37.2. The van der Waals surface area contributed by atoms with Crippen LogP contribution in [-0.4, -0.2) is 0 Å². The van der Waals surface area contributed by atoms with Crippen molar-refractivity contribution < 1.29 is 0 Å². The first-order valence-electron chi connectivity index (χ1n) is 43.1. The van der Waals surface area contributed by atoms with Crippen LogP contribution < -0.4 is 0 Å². The molecule has 0 aliphatic heterocycles. The van der Waals surface area contributed by atoms with Crippen LogP contribution in [-0.2, 0) is 0 Å². The molecule has 0 nitrogen and oxygen atoms in total. The zero-order valence-corrected chi connectivity index (χ0v) is 80.1. The van der Waals surface area contributed by atoms with Crippen LogP contribution in [0, 0.1) is 141 Å². The van der Waals surface area contributed by atoms with Gasteiger partial charge in [0.25, 0.3) is 0 Å². The van der Waals surface area contributed by atoms with E-state index in [2.05, 4.69) is 367 Å². The van der Waals surface area contributed by atoms with E-state index in [1.54, 1.807) is 0 Å². The molecule has 0 N–H and O–H groups in total. The van der Waals surface area contributed by atoms with Crippen molar-refractivity contribution >= 4 is 0 Å². The summed E-state index contributed by atoms with van der Waals surface area (Å²) in [4.78, 5) is 0. The largest absolute Gasteiger partial charge is 0.0654 e. The first-order chi connectivity index (χ1) is 43.1. The maximum Gasteiger partial charge on any atom is -0.0334 e. The third-order valence-corrected chi connectivity index (χ3v) is 19.5. The standard InChI is InChI=1S/7C8H18.4C7H16.2C6H14/c1-7(2)6-8(3,4)5;1-7(2)5-6-8(3)4;1-6-8(4,5)7(2)3;1-6(2)8(5)7(3)4;1-5-8(4)6-7(2)3;1-5-6-8(4)7(2)3;1-4-5-6-7-8(2)3;1-6(2)7(3,4)5;1-6(2)5-7(3)4;1-5-7(4)6(2)3;1-4-5-6-7(2)3;1-5(2)6(3)4;1-4-5-6(2)3/h7H,6H2,1-5H3;7-8H,5-6H2,1-4H3;7H,6H2,1-5H3;6-8H,1-5H3;2*7-8H,5-6H2,1-4H3;8H,4-7H2,1-3H3;6H,1-5H3;2*6-7H,5H2,1-4H3;7H,4-6H2,1-3H3;5-6H,1-4H3;6H,4-5H2,1-3H3. The molecule has 96 heavy (non-hydrogen) atoms. The van der Waals surface area contributed by atoms with Gasteiger partial charge >= 0.3 is 0 Å². The molecule has 0 heterocycles. The van der Waals surface area contributed by atoms with Gasteiger partial charge in [0.1, 0.15) is 0 Å². The topological polar surface area (TPSA) is 0 Å². The Morgan fingerprint density at radius 2 is 0.542 bits per heavy atom. The highest BCUT2D eigenvalue weighted by Crippen LogP contribution is 2.29. The molecule has 0 heteroatoms. The van der Waals surface area contributed by atoms with Crippen molar-refractivity contribution in [3.63, 3.8) is 0 Å². The molecule has 0 aromatic rings. The summed E-state index contributed by atoms with van der Waals surface area (Å²) in [7, 11) is 0. The Morgan fingerprint density at radius 1 is 0.240 bits per heavy atom. The first-order valence-corrected chi connectivity index (χ1v) is 43.1. The molecule has 0 saturated heterocycles. The van der Waals surface area contributed by atoms with Gasteiger partial charge in [-0.1, -0.05) is 470 Å². The van der Waals surface area contributed by atoms with Crippen LogP contribution >= 0.6 is 0 Å². The quantitative estimate of drug-likeness (QED) is 0.0685. The second-order valence-electron chi connectivity index (χ2n) is 39.8. The van der Waals surface area contributed by atoms with E-state index in [-0.39, 0.29) is 0 Å². The van der Waals surface area contributed by atoms with Gasteiger partial charge in [-0.05, 0) is 160 Å². The molecule has 0 aliphatic carbocycles. The highest BCUT2D eigenvalue weighted by molar-refractivity contribution is 4.69. The lowest BCUT2D eigenvalue weighted by molar-refractivity contribution is 0.240. The maximum absolute atomic E-state index is 2.33. The van der Waals surface area contributed by atoms with E-state index in [4.69, 9.17) is 0 Å². The molecule has 0 aliphatic rings. The molecule has 0 aromatic carbocycles. The molecule has 0 fully saturated rings. The Hall–Kier alpha value is 0. The minimum Gasteiger partial charge on any atom is -0.0654 e. The predicted molar refractivity (Wildman–Crippen MR) is 469 cm³/mol. The van der Waals surface area contributed by atoms with Crippen molar-refractivity contribution in [3.8, 4) is 0 Å². The zero-order chi connectivity index (χ0) is 80.1. The van der Waals surface area contributed by atoms with Gasteiger partial charge in [0.15, 0.2) is 0 Å². The summed E-state index contributed by atoms with van der Waals surface area (Å²) in [5.74, 6) is 18.3. The Kier molecular flexibility index (Phi) is 110. The van der Waals surface area contributed by atoms with Gasteiger partial charge in [-0.25, -0.2) is 0 Å². The van der Waals surface area contributed by atoms with Crippen LogP contribution in [0.2, 0.25) is 0 Å². The molecule has 0 bridgehead atoms. The summed E-state index contributed by atoms with van der Waals surface area (Å²) in [6, 6.07) is 0. The molecular formula is C96H218. The van der Waals surface area contributed by atoms with E-state index in [0.717, 1.165) is 124 Å². The van der Waals surface area contributed by atoms with Crippen molar-refractivity contribution in [1.29, 1.82) is 0 Å². The number of hydrogen-bond donors (Lipinski definition) is 0. The van der Waals surface area contributed by atoms with Crippen LogP contribution in [0.4, 0.5) is 0 Å². The average molecular weight is 1370 g/mol. The van der Waals surface area contributed by atoms with Crippen LogP contribution in [0.1, 0.15) is 489 Å². The van der Waals surface area contributed by atoms with Gasteiger partial charge in [-0.2, -0.15) is 0 Å². The fourth-order valence-corrected chi connectivity index (χ4v) is 8.24. The second-order valence-corrected chi connectivity index (χ2v) is 39.8. The smallest absolute Gasteiger partial charge is 0.0334 e. The van der Waals surface area contributed by atoms with Gasteiger partial charge < -0.3 is 0 Å². The van der Waals surface area contributed by atoms with E-state index < -0.39 is 0 Å². The summed E-state index contributed by atoms with van der Waals surface area (Å²) in [5.41, 5.74) is 1.56. The lowest BCUT2D eigenvalue weighted by Crippen LogP contribution is -2.17. The Bertz CT molecular complexity index is 1240. The van der Waals surface area contributed by atoms with E-state index >= 15 is 0 Å². The highest BCUT2D eigenvalue weighted by atomic mass is 14.2. The van der Waals surface area contributed by atoms with Crippen molar-refractivity contribution in [1.82, 2.24) is 0 Å². The Labute approximate surface area is 625 Å². The molecule has 602 valence electrons. The van der Waals surface area contributed by atoms with Gasteiger partial charge in [0.05, 0.1) is 0 Å². The molecule has 0 spiro atoms. The fourth-order valence-electron chi connectivity index (χ4n) is 8.24. The molecule has 0 amide bonds. The van der Waals surface area contributed by atoms with E-state index in [9.17, 15) is 0 Å². The number of rotatable bonds is 28. The summed E-state index contributed by atoms with van der Waals surface area (Å²) in [5, 5.41) is 0. The third kappa shape index (κ3) is 157. The third-order valence-electron chi connectivity index (χ3n) is 19.5. The van der Waals surface area contributed by atoms with Crippen LogP contribution in [0.5, 0.6) is 0 Å². The molecule has 0 saturated carbocycles. The SMILES string of the molecule is CC(C)C(C)(C)C.CC(C)C(C)C.CC(C)C(C)C(C)C.CC(C)CC(C)(C)C.CC(C)CC(C)C.CC(C)CCC(C)C.CCC(C)(C)C(C)C.CCC(C)C(C)C.CCC(C)CC(C)C.CCCC(C)C.CCCC(C)C(C)C.CCCCC(C)C.CCCCCC(C)C. The fraction of sp³-hybridized carbons (Fsp3) is 1.00. The van der Waals surface area contributed by atoms with Crippen molar-refractivity contribution in [2.24, 2.45) is 141 Å². The Balaban J connectivity index is -0.0000000707. The number of unbranched alkanes of at least 4 members (excludes halogenated alkanes) is 3. The van der Waals surface area contributed by atoms with Crippen LogP contribution in [0.25, 0.3) is 0 Å². The first kappa shape index (κ1) is 126. The minimum atomic E-state index is 0.500. The van der Waals surface area contributed by atoms with Gasteiger partial charge in [0, 0.05) is 0 Å². The monoisotopic (exact) mass is 1370 g/mol. The highest BCUT2D eigenvalue weighted by Gasteiger charge is 2.19. The number of hydrogen-bond acceptors (Lipinski definition) is 0. The zero-order valence-electron chi connectivity index (χ0n) is 80.1. The summed E-state index contributed by atoms with van der Waals surface area (Å²) in [6.45, 7) is 120. The summed E-state index contributed by atoms with van der Waals surface area (Å²) in [6.07, 6.45) is 26.0. The van der Waals surface area contributed by atoms with Gasteiger partial charge in [-0.3, -0.25) is 0 Å². The molecule has 0 radical (unpaired) electrons. The van der Waals surface area contributed by atoms with Crippen LogP contribution in [0.15, 0.2) is 0 Å². The normalized spacial score (nSPS) is 12.3. The average Bonchev–Trinajstić information content (AvgIpc) is 3.64. The van der Waals surface area contributed by atoms with E-state index in [1.807, 2.05) is 0 Å². The maximum atomic E-state index is 2.33. The molecule has 0 rings (SSSR count). The van der Waals surface area contributed by atoms with Crippen molar-refractivity contribution in [3.05, 3.63) is 0 Å². The molecule has 3 atom stereocenters. The lowest BCUT2D eigenvalue weighted by Gasteiger charge is -2.27. The van der Waals surface area contributed by atoms with E-state index in [1.165, 1.54) is 122 Å². The van der Waals surface area contributed by atoms with Crippen molar-refractivity contribution in [2.75, 3.05) is 0 Å². The summed E-state index contributed by atoms with van der Waals surface area (Å²) >= 11 is 0.